The number of halogens is 3. The number of alkyl halides is 1. The predicted octanol–water partition coefficient (Wildman–Crippen LogP) is 1.76. The number of imidazole rings is 1. The molecule has 1 aromatic heterocycles. The van der Waals surface area contributed by atoms with E-state index in [0.29, 0.717) is 0 Å². The average Bonchev–Trinajstić information content (AvgIpc) is 2.76. The zero-order chi connectivity index (χ0) is 16.5. The van der Waals surface area contributed by atoms with Crippen molar-refractivity contribution in [3.05, 3.63) is 56.2 Å². The minimum atomic E-state index is -5.27. The molecular weight excluding hydrogens is 309 g/mol. The quantitative estimate of drug-likeness (QED) is 0.455. The number of hydrogen-bond acceptors (Lipinski definition) is 3. The maximum absolute atomic E-state index is 11.7. The standard InChI is InChI=1S/C9H13N2.C3H3F3O3S/c1-3-5-10-7-8-11(9-10)6-4-2;4-2(5)1-3(6)10(7,8)9/h3-4,7-9H,1-2,5-6H2;1,3H,(H,7,8,9)/q+1;/p-1. The highest BCUT2D eigenvalue weighted by Crippen LogP contribution is 2.07. The van der Waals surface area contributed by atoms with Gasteiger partial charge in [-0.25, -0.2) is 21.9 Å². The molecule has 9 heteroatoms. The molecule has 0 bridgehead atoms. The van der Waals surface area contributed by atoms with Crippen LogP contribution in [0.5, 0.6) is 0 Å². The minimum absolute atomic E-state index is 0.567. The van der Waals surface area contributed by atoms with E-state index in [9.17, 15) is 26.1 Å². The molecular formula is C12H15F3N2O3S. The molecule has 0 amide bonds. The Kier molecular flexibility index (Phi) is 8.32. The lowest BCUT2D eigenvalue weighted by molar-refractivity contribution is -0.686. The van der Waals surface area contributed by atoms with Crippen molar-refractivity contribution in [2.45, 2.75) is 18.6 Å². The maximum Gasteiger partial charge on any atom is 0.270 e. The van der Waals surface area contributed by atoms with Crippen molar-refractivity contribution >= 4 is 10.1 Å². The summed E-state index contributed by atoms with van der Waals surface area (Å²) in [5.74, 6) is 0. The molecule has 5 nitrogen and oxygen atoms in total. The lowest BCUT2D eigenvalue weighted by Crippen LogP contribution is -2.29. The zero-order valence-corrected chi connectivity index (χ0v) is 11.8. The summed E-state index contributed by atoms with van der Waals surface area (Å²) in [5.41, 5.74) is -3.16. The smallest absolute Gasteiger partial charge is 0.270 e. The normalized spacial score (nSPS) is 11.8. The summed E-state index contributed by atoms with van der Waals surface area (Å²) in [4.78, 5) is 0. The molecule has 0 fully saturated rings. The van der Waals surface area contributed by atoms with Crippen molar-refractivity contribution in [3.8, 4) is 0 Å². The molecule has 0 aromatic carbocycles. The van der Waals surface area contributed by atoms with Gasteiger partial charge in [-0.15, -0.1) is 0 Å². The van der Waals surface area contributed by atoms with Crippen LogP contribution in [0.4, 0.5) is 13.2 Å². The van der Waals surface area contributed by atoms with Gasteiger partial charge in [-0.2, -0.15) is 8.78 Å². The summed E-state index contributed by atoms with van der Waals surface area (Å²) in [6.45, 7) is 9.05. The number of nitrogens with zero attached hydrogens (tertiary/aromatic N) is 2. The van der Waals surface area contributed by atoms with Crippen LogP contribution in [-0.2, 0) is 23.2 Å². The molecule has 0 aliphatic heterocycles. The molecule has 0 N–H and O–H groups in total. The molecule has 1 rings (SSSR count). The minimum Gasteiger partial charge on any atom is -0.745 e. The first-order valence-corrected chi connectivity index (χ1v) is 7.06. The van der Waals surface area contributed by atoms with Crippen LogP contribution in [0.25, 0.3) is 0 Å². The molecule has 0 spiro atoms. The van der Waals surface area contributed by atoms with E-state index in [4.69, 9.17) is 0 Å². The van der Waals surface area contributed by atoms with Crippen LogP contribution in [0.3, 0.4) is 0 Å². The van der Waals surface area contributed by atoms with Gasteiger partial charge in [0.15, 0.2) is 0 Å². The number of hydrogen-bond donors (Lipinski definition) is 0. The maximum atomic E-state index is 11.7. The molecule has 1 atom stereocenters. The fourth-order valence-electron chi connectivity index (χ4n) is 1.14. The van der Waals surface area contributed by atoms with E-state index in [-0.39, 0.29) is 0 Å². The van der Waals surface area contributed by atoms with Crippen LogP contribution in [0.1, 0.15) is 0 Å². The Balaban J connectivity index is 0.000000384. The molecule has 1 aromatic rings. The van der Waals surface area contributed by atoms with Gasteiger partial charge >= 0.3 is 0 Å². The Morgan fingerprint density at radius 1 is 1.38 bits per heavy atom. The Morgan fingerprint density at radius 3 is 2.38 bits per heavy atom. The van der Waals surface area contributed by atoms with Gasteiger partial charge in [0.2, 0.25) is 11.8 Å². The van der Waals surface area contributed by atoms with Gasteiger partial charge in [-0.3, -0.25) is 0 Å². The average molecular weight is 324 g/mol. The van der Waals surface area contributed by atoms with Gasteiger partial charge in [0.25, 0.3) is 6.08 Å². The fraction of sp³-hybridized carbons (Fsp3) is 0.250. The van der Waals surface area contributed by atoms with Gasteiger partial charge in [0, 0.05) is 6.08 Å². The number of allylic oxidation sites excluding steroid dienone is 2. The third kappa shape index (κ3) is 8.82. The lowest BCUT2D eigenvalue weighted by atomic mass is 10.6. The monoisotopic (exact) mass is 324 g/mol. The number of rotatable bonds is 6. The Bertz CT molecular complexity index is 568. The summed E-state index contributed by atoms with van der Waals surface area (Å²) in [6.07, 6.45) is 6.71. The molecule has 0 saturated carbocycles. The van der Waals surface area contributed by atoms with Crippen LogP contribution in [0.2, 0.25) is 0 Å². The second kappa shape index (κ2) is 9.14. The van der Waals surface area contributed by atoms with Crippen LogP contribution in [-0.4, -0.2) is 23.0 Å². The molecule has 0 saturated heterocycles. The lowest BCUT2D eigenvalue weighted by Gasteiger charge is -2.06. The van der Waals surface area contributed by atoms with E-state index < -0.39 is 27.8 Å². The predicted molar refractivity (Wildman–Crippen MR) is 69.9 cm³/mol. The van der Waals surface area contributed by atoms with Gasteiger partial charge in [-0.1, -0.05) is 25.3 Å². The highest BCUT2D eigenvalue weighted by molar-refractivity contribution is 7.86. The largest absolute Gasteiger partial charge is 0.745 e. The van der Waals surface area contributed by atoms with E-state index in [1.54, 1.807) is 0 Å². The van der Waals surface area contributed by atoms with E-state index in [1.165, 1.54) is 0 Å². The van der Waals surface area contributed by atoms with Crippen LogP contribution < -0.4 is 4.57 Å². The fourth-order valence-corrected chi connectivity index (χ4v) is 1.40. The Morgan fingerprint density at radius 2 is 2.00 bits per heavy atom. The van der Waals surface area contributed by atoms with Crippen molar-refractivity contribution in [1.29, 1.82) is 0 Å². The summed E-state index contributed by atoms with van der Waals surface area (Å²) in [5, 5.41) is 0. The molecule has 0 aliphatic carbocycles. The summed E-state index contributed by atoms with van der Waals surface area (Å²) in [6, 6.07) is 0. The van der Waals surface area contributed by atoms with E-state index in [2.05, 4.69) is 22.3 Å². The summed E-state index contributed by atoms with van der Waals surface area (Å²) < 4.78 is 66.6. The van der Waals surface area contributed by atoms with Crippen LogP contribution in [0, 0.1) is 0 Å². The molecule has 0 radical (unpaired) electrons. The third-order valence-corrected chi connectivity index (χ3v) is 2.65. The second-order valence-corrected chi connectivity index (χ2v) is 5.12. The molecule has 21 heavy (non-hydrogen) atoms. The Hall–Kier alpha value is -1.87. The van der Waals surface area contributed by atoms with E-state index in [0.717, 1.165) is 13.1 Å². The van der Waals surface area contributed by atoms with Crippen LogP contribution in [0.15, 0.2) is 56.2 Å². The van der Waals surface area contributed by atoms with Gasteiger partial charge in [0.1, 0.15) is 35.6 Å². The highest BCUT2D eigenvalue weighted by atomic mass is 32.2. The Labute approximate surface area is 121 Å². The second-order valence-electron chi connectivity index (χ2n) is 3.68. The third-order valence-electron chi connectivity index (χ3n) is 1.96. The summed E-state index contributed by atoms with van der Waals surface area (Å²) in [7, 11) is -5.27. The molecule has 1 heterocycles. The summed E-state index contributed by atoms with van der Waals surface area (Å²) >= 11 is 0. The first kappa shape index (κ1) is 19.1. The van der Waals surface area contributed by atoms with Crippen LogP contribution >= 0.6 is 0 Å². The zero-order valence-electron chi connectivity index (χ0n) is 11.0. The van der Waals surface area contributed by atoms with Gasteiger partial charge in [0.05, 0.1) is 0 Å². The van der Waals surface area contributed by atoms with E-state index in [1.807, 2.05) is 30.9 Å². The number of aromatic nitrogens is 2. The van der Waals surface area contributed by atoms with Crippen molar-refractivity contribution in [3.63, 3.8) is 0 Å². The van der Waals surface area contributed by atoms with Crippen molar-refractivity contribution < 1.29 is 30.7 Å². The SMILES string of the molecule is C=CCn1cc[n+](CC=C)c1.O=S(=O)([O-])C(F)C=C(F)F. The van der Waals surface area contributed by atoms with Crippen molar-refractivity contribution in [2.75, 3.05) is 0 Å². The highest BCUT2D eigenvalue weighted by Gasteiger charge is 2.12. The molecule has 118 valence electrons. The first-order valence-electron chi connectivity index (χ1n) is 5.59. The van der Waals surface area contributed by atoms with Gasteiger partial charge < -0.3 is 4.55 Å². The van der Waals surface area contributed by atoms with E-state index >= 15 is 0 Å². The molecule has 1 unspecified atom stereocenters. The van der Waals surface area contributed by atoms with Gasteiger partial charge in [-0.05, 0) is 0 Å². The topological polar surface area (TPSA) is 66.0 Å². The first-order chi connectivity index (χ1) is 9.70. The van der Waals surface area contributed by atoms with Crippen molar-refractivity contribution in [1.82, 2.24) is 4.57 Å². The van der Waals surface area contributed by atoms with Crippen molar-refractivity contribution in [2.24, 2.45) is 0 Å². The molecule has 0 aliphatic rings.